The van der Waals surface area contributed by atoms with Crippen LogP contribution in [0.5, 0.6) is 0 Å². The molecule has 1 aromatic carbocycles. The number of pyridine rings is 1. The maximum absolute atomic E-state index is 13.3. The molecule has 10 heteroatoms. The summed E-state index contributed by atoms with van der Waals surface area (Å²) in [6.45, 7) is 3.09. The predicted molar refractivity (Wildman–Crippen MR) is 141 cm³/mol. The fraction of sp³-hybridized carbons (Fsp3) is 0.444. The zero-order chi connectivity index (χ0) is 25.4. The van der Waals surface area contributed by atoms with Gasteiger partial charge in [0.25, 0.3) is 11.5 Å². The Morgan fingerprint density at radius 3 is 2.59 bits per heavy atom. The van der Waals surface area contributed by atoms with E-state index in [2.05, 4.69) is 39.2 Å². The Kier molecular flexibility index (Phi) is 6.50. The number of benzene rings is 1. The monoisotopic (exact) mass is 518 g/mol. The lowest BCUT2D eigenvalue weighted by molar-refractivity contribution is 0.0685. The molecular weight excluding hydrogens is 488 g/mol. The fourth-order valence-electron chi connectivity index (χ4n) is 6.09. The van der Waals surface area contributed by atoms with Gasteiger partial charge in [-0.1, -0.05) is 40.9 Å². The van der Waals surface area contributed by atoms with E-state index in [1.54, 1.807) is 17.0 Å². The van der Waals surface area contributed by atoms with Crippen molar-refractivity contribution in [2.45, 2.75) is 38.1 Å². The maximum atomic E-state index is 13.3. The minimum absolute atomic E-state index is 0.0214. The minimum Gasteiger partial charge on any atom is -0.337 e. The molecule has 2 fully saturated rings. The van der Waals surface area contributed by atoms with Crippen molar-refractivity contribution in [3.8, 4) is 0 Å². The molecular formula is C27H30N6O3S. The van der Waals surface area contributed by atoms with Crippen molar-refractivity contribution >= 4 is 28.5 Å². The number of hydrogen-bond donors (Lipinski definition) is 1. The molecule has 192 valence electrons. The first kappa shape index (κ1) is 23.8. The number of amides is 3. The Balaban J connectivity index is 1.08. The number of carbonyl (C=O) groups is 2. The number of rotatable bonds is 4. The van der Waals surface area contributed by atoms with E-state index in [0.717, 1.165) is 42.9 Å². The number of urea groups is 1. The summed E-state index contributed by atoms with van der Waals surface area (Å²) in [4.78, 5) is 42.4. The average Bonchev–Trinajstić information content (AvgIpc) is 3.38. The number of hydrogen-bond acceptors (Lipinski definition) is 6. The Labute approximate surface area is 219 Å². The van der Waals surface area contributed by atoms with Crippen molar-refractivity contribution in [3.63, 3.8) is 0 Å². The third-order valence-corrected chi connectivity index (χ3v) is 8.59. The second-order valence-electron chi connectivity index (χ2n) is 10.4. The van der Waals surface area contributed by atoms with Crippen molar-refractivity contribution in [1.82, 2.24) is 24.0 Å². The Hall–Kier alpha value is -3.53. The second-order valence-corrected chi connectivity index (χ2v) is 11.2. The van der Waals surface area contributed by atoms with Crippen LogP contribution in [0.1, 0.15) is 46.9 Å². The van der Waals surface area contributed by atoms with Crippen LogP contribution >= 0.6 is 11.5 Å². The van der Waals surface area contributed by atoms with Gasteiger partial charge >= 0.3 is 6.03 Å². The van der Waals surface area contributed by atoms with Crippen LogP contribution in [0.25, 0.3) is 0 Å². The van der Waals surface area contributed by atoms with E-state index in [9.17, 15) is 14.4 Å². The highest BCUT2D eigenvalue weighted by Gasteiger charge is 2.37. The van der Waals surface area contributed by atoms with Gasteiger partial charge in [0.15, 0.2) is 10.7 Å². The number of piperidine rings is 2. The predicted octanol–water partition coefficient (Wildman–Crippen LogP) is 3.45. The van der Waals surface area contributed by atoms with Crippen LogP contribution in [-0.2, 0) is 13.0 Å². The lowest BCUT2D eigenvalue weighted by Crippen LogP contribution is -2.50. The number of aromatic nitrogens is 3. The lowest BCUT2D eigenvalue weighted by atomic mass is 9.83. The van der Waals surface area contributed by atoms with Crippen molar-refractivity contribution < 1.29 is 9.59 Å². The van der Waals surface area contributed by atoms with Gasteiger partial charge in [0.2, 0.25) is 0 Å². The van der Waals surface area contributed by atoms with Gasteiger partial charge in [-0.15, -0.1) is 5.10 Å². The smallest absolute Gasteiger partial charge is 0.322 e. The molecule has 2 unspecified atom stereocenters. The Morgan fingerprint density at radius 1 is 0.973 bits per heavy atom. The van der Waals surface area contributed by atoms with Crippen molar-refractivity contribution in [1.29, 1.82) is 0 Å². The molecule has 1 N–H and O–H groups in total. The van der Waals surface area contributed by atoms with Crippen molar-refractivity contribution in [2.24, 2.45) is 11.8 Å². The number of fused-ring (bicyclic) bond motifs is 4. The number of likely N-dealkylation sites (tertiary alicyclic amines) is 2. The van der Waals surface area contributed by atoms with Gasteiger partial charge in [0, 0.05) is 61.9 Å². The Morgan fingerprint density at radius 2 is 1.78 bits per heavy atom. The largest absolute Gasteiger partial charge is 0.337 e. The normalized spacial score (nSPS) is 21.4. The third kappa shape index (κ3) is 4.90. The van der Waals surface area contributed by atoms with Crippen LogP contribution in [0.3, 0.4) is 0 Å². The second kappa shape index (κ2) is 10.1. The first-order valence-electron chi connectivity index (χ1n) is 13.0. The van der Waals surface area contributed by atoms with E-state index in [1.165, 1.54) is 5.56 Å². The minimum atomic E-state index is -0.247. The number of anilines is 1. The molecule has 9 nitrogen and oxygen atoms in total. The van der Waals surface area contributed by atoms with E-state index >= 15 is 0 Å². The van der Waals surface area contributed by atoms with Gasteiger partial charge in [-0.2, -0.15) is 0 Å². The average molecular weight is 519 g/mol. The molecule has 0 radical (unpaired) electrons. The van der Waals surface area contributed by atoms with Crippen LogP contribution in [-0.4, -0.2) is 62.1 Å². The van der Waals surface area contributed by atoms with E-state index in [1.807, 2.05) is 21.6 Å². The van der Waals surface area contributed by atoms with E-state index in [-0.39, 0.29) is 35.0 Å². The zero-order valence-corrected chi connectivity index (χ0v) is 21.4. The molecule has 0 saturated carbocycles. The molecule has 3 amide bonds. The summed E-state index contributed by atoms with van der Waals surface area (Å²) >= 11 is 1.04. The number of nitrogens with one attached hydrogen (secondary N) is 1. The fourth-order valence-corrected chi connectivity index (χ4v) is 6.64. The van der Waals surface area contributed by atoms with Crippen LogP contribution in [0.2, 0.25) is 0 Å². The molecule has 0 spiro atoms. The molecule has 2 saturated heterocycles. The summed E-state index contributed by atoms with van der Waals surface area (Å²) < 4.78 is 5.82. The van der Waals surface area contributed by atoms with E-state index in [0.29, 0.717) is 43.6 Å². The molecule has 5 heterocycles. The van der Waals surface area contributed by atoms with Crippen LogP contribution in [0.4, 0.5) is 9.80 Å². The van der Waals surface area contributed by atoms with Gasteiger partial charge in [0.05, 0.1) is 0 Å². The third-order valence-electron chi connectivity index (χ3n) is 7.95. The summed E-state index contributed by atoms with van der Waals surface area (Å²) in [6.07, 6.45) is 3.89. The van der Waals surface area contributed by atoms with Gasteiger partial charge in [-0.25, -0.2) is 4.79 Å². The highest BCUT2D eigenvalue weighted by molar-refractivity contribution is 7.10. The van der Waals surface area contributed by atoms with Crippen molar-refractivity contribution in [2.75, 3.05) is 31.5 Å². The molecule has 2 bridgehead atoms. The molecule has 0 aliphatic carbocycles. The van der Waals surface area contributed by atoms with Crippen LogP contribution < -0.4 is 10.9 Å². The standard InChI is InChI=1S/C27H30N6O3S/c34-23-8-4-7-22-21-14-20(16-33(22)23)15-32(17-21)27(36)28-25-24(29-30-37-25)26(35)31-11-9-19(10-12-31)13-18-5-2-1-3-6-18/h1-8,19-21H,9-17H2,(H,28,36). The van der Waals surface area contributed by atoms with Gasteiger partial charge in [-0.3, -0.25) is 14.9 Å². The highest BCUT2D eigenvalue weighted by Crippen LogP contribution is 2.35. The summed E-state index contributed by atoms with van der Waals surface area (Å²) in [5, 5.41) is 7.39. The summed E-state index contributed by atoms with van der Waals surface area (Å²) in [5.41, 5.74) is 2.56. The molecule has 2 atom stereocenters. The first-order valence-corrected chi connectivity index (χ1v) is 13.7. The molecule has 3 aliphatic heterocycles. The highest BCUT2D eigenvalue weighted by atomic mass is 32.1. The maximum Gasteiger partial charge on any atom is 0.322 e. The summed E-state index contributed by atoms with van der Waals surface area (Å²) in [5.74, 6) is 0.740. The first-order chi connectivity index (χ1) is 18.0. The molecule has 6 rings (SSSR count). The van der Waals surface area contributed by atoms with Crippen LogP contribution in [0.15, 0.2) is 53.3 Å². The van der Waals surface area contributed by atoms with Gasteiger partial charge in [-0.05, 0) is 49.1 Å². The summed E-state index contributed by atoms with van der Waals surface area (Å²) in [7, 11) is 0. The summed E-state index contributed by atoms with van der Waals surface area (Å²) in [6, 6.07) is 15.6. The SMILES string of the molecule is O=C(Nc1snnc1C(=O)N1CCC(Cc2ccccc2)CC1)N1CC2CC(C1)c1cccc(=O)n1C2. The van der Waals surface area contributed by atoms with Gasteiger partial charge in [0.1, 0.15) is 0 Å². The number of carbonyl (C=O) groups excluding carboxylic acids is 2. The zero-order valence-electron chi connectivity index (χ0n) is 20.6. The quantitative estimate of drug-likeness (QED) is 0.570. The van der Waals surface area contributed by atoms with Crippen LogP contribution in [0, 0.1) is 11.8 Å². The Bertz CT molecular complexity index is 1350. The van der Waals surface area contributed by atoms with Gasteiger partial charge < -0.3 is 14.4 Å². The molecule has 37 heavy (non-hydrogen) atoms. The lowest BCUT2D eigenvalue weighted by Gasteiger charge is -2.42. The molecule has 2 aromatic heterocycles. The molecule has 3 aliphatic rings. The molecule has 3 aromatic rings. The topological polar surface area (TPSA) is 100 Å². The number of nitrogens with zero attached hydrogens (tertiary/aromatic N) is 5. The van der Waals surface area contributed by atoms with E-state index < -0.39 is 0 Å². The van der Waals surface area contributed by atoms with Crippen molar-refractivity contribution in [3.05, 3.63) is 75.8 Å². The van der Waals surface area contributed by atoms with E-state index in [4.69, 9.17) is 0 Å².